The molecule has 0 unspecified atom stereocenters. The summed E-state index contributed by atoms with van der Waals surface area (Å²) < 4.78 is 1.86. The van der Waals surface area contributed by atoms with Gasteiger partial charge >= 0.3 is 0 Å². The monoisotopic (exact) mass is 367 g/mol. The number of hydrogen-bond donors (Lipinski definition) is 1. The van der Waals surface area contributed by atoms with Crippen LogP contribution < -0.4 is 10.2 Å². The summed E-state index contributed by atoms with van der Waals surface area (Å²) in [6.45, 7) is 10.7. The standard InChI is InChI=1S/C21H29N5O/c1-5-25(6-2)19-10-8-18(9-11-19)23-21(27)13-12-20-16(3)24-26(17(20)4)15-7-14-22/h8-11H,5-7,12-13,15H2,1-4H3,(H,23,27). The second-order valence-corrected chi connectivity index (χ2v) is 6.55. The van der Waals surface area contributed by atoms with Gasteiger partial charge in [-0.2, -0.15) is 10.4 Å². The number of amides is 1. The topological polar surface area (TPSA) is 74.0 Å². The van der Waals surface area contributed by atoms with Crippen molar-refractivity contribution in [3.8, 4) is 6.07 Å². The molecule has 27 heavy (non-hydrogen) atoms. The fraction of sp³-hybridized carbons (Fsp3) is 0.476. The van der Waals surface area contributed by atoms with Crippen LogP contribution in [0.2, 0.25) is 0 Å². The van der Waals surface area contributed by atoms with Crippen LogP contribution in [0.15, 0.2) is 24.3 Å². The summed E-state index contributed by atoms with van der Waals surface area (Å²) in [4.78, 5) is 14.6. The van der Waals surface area contributed by atoms with Crippen molar-refractivity contribution >= 4 is 17.3 Å². The van der Waals surface area contributed by atoms with E-state index in [9.17, 15) is 4.79 Å². The molecule has 1 heterocycles. The highest BCUT2D eigenvalue weighted by Gasteiger charge is 2.13. The molecule has 0 bridgehead atoms. The Labute approximate surface area is 161 Å². The van der Waals surface area contributed by atoms with Gasteiger partial charge in [0.05, 0.1) is 24.7 Å². The van der Waals surface area contributed by atoms with E-state index in [4.69, 9.17) is 5.26 Å². The Morgan fingerprint density at radius 1 is 1.22 bits per heavy atom. The highest BCUT2D eigenvalue weighted by molar-refractivity contribution is 5.91. The van der Waals surface area contributed by atoms with Crippen LogP contribution >= 0.6 is 0 Å². The molecule has 0 aliphatic rings. The van der Waals surface area contributed by atoms with E-state index in [1.165, 1.54) is 0 Å². The fourth-order valence-corrected chi connectivity index (χ4v) is 3.28. The number of nitriles is 1. The van der Waals surface area contributed by atoms with E-state index < -0.39 is 0 Å². The third-order valence-corrected chi connectivity index (χ3v) is 4.85. The van der Waals surface area contributed by atoms with Crippen LogP contribution in [0.3, 0.4) is 0 Å². The van der Waals surface area contributed by atoms with Crippen LogP contribution in [0.25, 0.3) is 0 Å². The summed E-state index contributed by atoms with van der Waals surface area (Å²) in [5.41, 5.74) is 5.05. The van der Waals surface area contributed by atoms with Gasteiger partial charge in [0.15, 0.2) is 0 Å². The largest absolute Gasteiger partial charge is 0.372 e. The summed E-state index contributed by atoms with van der Waals surface area (Å²) >= 11 is 0. The van der Waals surface area contributed by atoms with Gasteiger partial charge in [-0.1, -0.05) is 0 Å². The molecule has 6 nitrogen and oxygen atoms in total. The summed E-state index contributed by atoms with van der Waals surface area (Å²) in [6.07, 6.45) is 1.49. The Morgan fingerprint density at radius 2 is 1.89 bits per heavy atom. The highest BCUT2D eigenvalue weighted by Crippen LogP contribution is 2.19. The minimum Gasteiger partial charge on any atom is -0.372 e. The molecule has 6 heteroatoms. The van der Waals surface area contributed by atoms with Crippen LogP contribution in [-0.2, 0) is 17.8 Å². The zero-order chi connectivity index (χ0) is 19.8. The molecule has 0 aliphatic carbocycles. The molecule has 2 aromatic rings. The van der Waals surface area contributed by atoms with E-state index in [1.807, 2.05) is 42.8 Å². The van der Waals surface area contributed by atoms with Crippen LogP contribution in [0, 0.1) is 25.2 Å². The normalized spacial score (nSPS) is 10.5. The Kier molecular flexibility index (Phi) is 7.42. The predicted molar refractivity (Wildman–Crippen MR) is 109 cm³/mol. The van der Waals surface area contributed by atoms with Crippen LogP contribution in [-0.4, -0.2) is 28.8 Å². The van der Waals surface area contributed by atoms with Gasteiger partial charge < -0.3 is 10.2 Å². The molecule has 0 aliphatic heterocycles. The van der Waals surface area contributed by atoms with E-state index >= 15 is 0 Å². The van der Waals surface area contributed by atoms with Gasteiger partial charge in [-0.3, -0.25) is 9.48 Å². The van der Waals surface area contributed by atoms with Gasteiger partial charge in [0.1, 0.15) is 0 Å². The molecule has 0 radical (unpaired) electrons. The fourth-order valence-electron chi connectivity index (χ4n) is 3.28. The maximum Gasteiger partial charge on any atom is 0.224 e. The molecule has 1 N–H and O–H groups in total. The number of hydrogen-bond acceptors (Lipinski definition) is 4. The molecule has 0 atom stereocenters. The van der Waals surface area contributed by atoms with Crippen molar-refractivity contribution in [3.05, 3.63) is 41.2 Å². The van der Waals surface area contributed by atoms with Gasteiger partial charge in [0.2, 0.25) is 5.91 Å². The third-order valence-electron chi connectivity index (χ3n) is 4.85. The van der Waals surface area contributed by atoms with Crippen LogP contribution in [0.5, 0.6) is 0 Å². The molecular weight excluding hydrogens is 338 g/mol. The third kappa shape index (κ3) is 5.33. The van der Waals surface area contributed by atoms with Crippen molar-refractivity contribution < 1.29 is 4.79 Å². The number of carbonyl (C=O) groups is 1. The van der Waals surface area contributed by atoms with Crippen molar-refractivity contribution in [2.75, 3.05) is 23.3 Å². The first-order valence-corrected chi connectivity index (χ1v) is 9.54. The first-order valence-electron chi connectivity index (χ1n) is 9.54. The zero-order valence-corrected chi connectivity index (χ0v) is 16.7. The Morgan fingerprint density at radius 3 is 2.48 bits per heavy atom. The SMILES string of the molecule is CCN(CC)c1ccc(NC(=O)CCc2c(C)nn(CCC#N)c2C)cc1. The minimum absolute atomic E-state index is 0.00540. The second-order valence-electron chi connectivity index (χ2n) is 6.55. The van der Waals surface area contributed by atoms with E-state index in [0.29, 0.717) is 25.8 Å². The van der Waals surface area contributed by atoms with Gasteiger partial charge in [-0.05, 0) is 63.9 Å². The number of aryl methyl sites for hydroxylation is 2. The van der Waals surface area contributed by atoms with Crippen molar-refractivity contribution in [2.24, 2.45) is 0 Å². The Bertz CT molecular complexity index is 797. The minimum atomic E-state index is -0.00540. The highest BCUT2D eigenvalue weighted by atomic mass is 16.1. The lowest BCUT2D eigenvalue weighted by Crippen LogP contribution is -2.21. The van der Waals surface area contributed by atoms with E-state index in [2.05, 4.69) is 35.2 Å². The lowest BCUT2D eigenvalue weighted by molar-refractivity contribution is -0.116. The molecular formula is C21H29N5O. The van der Waals surface area contributed by atoms with Crippen molar-refractivity contribution in [3.63, 3.8) is 0 Å². The molecule has 144 valence electrons. The number of nitrogens with one attached hydrogen (secondary N) is 1. The van der Waals surface area contributed by atoms with Gasteiger partial charge in [0.25, 0.3) is 0 Å². The van der Waals surface area contributed by atoms with Crippen molar-refractivity contribution in [1.29, 1.82) is 5.26 Å². The maximum absolute atomic E-state index is 12.3. The Hall–Kier alpha value is -2.81. The molecule has 2 rings (SSSR count). The molecule has 0 spiro atoms. The maximum atomic E-state index is 12.3. The second kappa shape index (κ2) is 9.77. The van der Waals surface area contributed by atoms with E-state index in [0.717, 1.165) is 41.4 Å². The van der Waals surface area contributed by atoms with E-state index in [-0.39, 0.29) is 5.91 Å². The molecule has 1 aromatic heterocycles. The first-order chi connectivity index (χ1) is 13.0. The summed E-state index contributed by atoms with van der Waals surface area (Å²) in [5.74, 6) is -0.00540. The van der Waals surface area contributed by atoms with Crippen LogP contribution in [0.4, 0.5) is 11.4 Å². The average Bonchev–Trinajstić information content (AvgIpc) is 2.93. The summed E-state index contributed by atoms with van der Waals surface area (Å²) in [7, 11) is 0. The number of aromatic nitrogens is 2. The molecule has 1 aromatic carbocycles. The van der Waals surface area contributed by atoms with Crippen molar-refractivity contribution in [2.45, 2.75) is 53.5 Å². The van der Waals surface area contributed by atoms with E-state index in [1.54, 1.807) is 0 Å². The number of nitrogens with zero attached hydrogens (tertiary/aromatic N) is 4. The Balaban J connectivity index is 1.93. The molecule has 1 amide bonds. The lowest BCUT2D eigenvalue weighted by Gasteiger charge is -2.21. The smallest absolute Gasteiger partial charge is 0.224 e. The predicted octanol–water partition coefficient (Wildman–Crippen LogP) is 3.83. The van der Waals surface area contributed by atoms with Gasteiger partial charge in [-0.15, -0.1) is 0 Å². The number of anilines is 2. The first kappa shape index (κ1) is 20.5. The van der Waals surface area contributed by atoms with Crippen LogP contribution in [0.1, 0.15) is 43.6 Å². The number of rotatable bonds is 9. The number of benzene rings is 1. The molecule has 0 saturated carbocycles. The summed E-state index contributed by atoms with van der Waals surface area (Å²) in [5, 5.41) is 16.2. The number of carbonyl (C=O) groups excluding carboxylic acids is 1. The quantitative estimate of drug-likeness (QED) is 0.731. The lowest BCUT2D eigenvalue weighted by atomic mass is 10.1. The zero-order valence-electron chi connectivity index (χ0n) is 16.7. The van der Waals surface area contributed by atoms with Crippen molar-refractivity contribution in [1.82, 2.24) is 9.78 Å². The molecule has 0 saturated heterocycles. The average molecular weight is 367 g/mol. The van der Waals surface area contributed by atoms with Gasteiger partial charge in [-0.25, -0.2) is 0 Å². The van der Waals surface area contributed by atoms with Gasteiger partial charge in [0, 0.05) is 36.6 Å². The summed E-state index contributed by atoms with van der Waals surface area (Å²) in [6, 6.07) is 10.1. The molecule has 0 fully saturated rings.